The maximum absolute atomic E-state index is 11.9. The van der Waals surface area contributed by atoms with Gasteiger partial charge in [0.1, 0.15) is 12.6 Å². The summed E-state index contributed by atoms with van der Waals surface area (Å²) in [4.78, 5) is 23.5. The van der Waals surface area contributed by atoms with Crippen LogP contribution in [0.3, 0.4) is 0 Å². The molecule has 0 spiro atoms. The first-order chi connectivity index (χ1) is 11.5. The molecule has 0 fully saturated rings. The summed E-state index contributed by atoms with van der Waals surface area (Å²) in [5.41, 5.74) is 7.30. The van der Waals surface area contributed by atoms with Gasteiger partial charge >= 0.3 is 0 Å². The Morgan fingerprint density at radius 3 is 2.33 bits per heavy atom. The summed E-state index contributed by atoms with van der Waals surface area (Å²) in [6.45, 7) is 0.220. The number of primary amides is 1. The monoisotopic (exact) mass is 438 g/mol. The van der Waals surface area contributed by atoms with Crippen molar-refractivity contribution in [1.82, 2.24) is 5.32 Å². The first-order valence-corrected chi connectivity index (χ1v) is 8.57. The molecule has 0 heterocycles. The molecule has 5 nitrogen and oxygen atoms in total. The lowest BCUT2D eigenvalue weighted by molar-refractivity contribution is -0.130. The minimum absolute atomic E-state index is 0.120. The van der Waals surface area contributed by atoms with Crippen molar-refractivity contribution in [3.63, 3.8) is 0 Å². The van der Waals surface area contributed by atoms with Crippen LogP contribution >= 0.6 is 22.6 Å². The molecule has 24 heavy (non-hydrogen) atoms. The smallest absolute Gasteiger partial charge is 0.246 e. The topological polar surface area (TPSA) is 81.4 Å². The molecule has 6 heteroatoms. The van der Waals surface area contributed by atoms with Crippen LogP contribution in [0.1, 0.15) is 11.1 Å². The average molecular weight is 438 g/mol. The van der Waals surface area contributed by atoms with Crippen molar-refractivity contribution in [2.24, 2.45) is 5.73 Å². The van der Waals surface area contributed by atoms with Gasteiger partial charge in [-0.3, -0.25) is 9.59 Å². The number of carbonyl (C=O) groups is 2. The van der Waals surface area contributed by atoms with Gasteiger partial charge in [0.25, 0.3) is 0 Å². The highest BCUT2D eigenvalue weighted by Crippen LogP contribution is 2.09. The third-order valence-electron chi connectivity index (χ3n) is 3.38. The lowest BCUT2D eigenvalue weighted by Crippen LogP contribution is -2.47. The Morgan fingerprint density at radius 1 is 1.04 bits per heavy atom. The molecule has 0 bridgehead atoms. The van der Waals surface area contributed by atoms with Crippen molar-refractivity contribution in [3.8, 4) is 0 Å². The van der Waals surface area contributed by atoms with Crippen molar-refractivity contribution in [2.45, 2.75) is 19.1 Å². The molecule has 126 valence electrons. The SMILES string of the molecule is NC(=O)[C@@H](Cc1ccc(I)cc1)NC(=O)COCc1ccccc1. The molecule has 0 aliphatic carbocycles. The maximum atomic E-state index is 11.9. The van der Waals surface area contributed by atoms with Crippen molar-refractivity contribution >= 4 is 34.4 Å². The predicted molar refractivity (Wildman–Crippen MR) is 100 cm³/mol. The Bertz CT molecular complexity index is 674. The number of amides is 2. The van der Waals surface area contributed by atoms with Crippen LogP contribution in [0.25, 0.3) is 0 Å². The van der Waals surface area contributed by atoms with Gasteiger partial charge in [0.15, 0.2) is 0 Å². The summed E-state index contributed by atoms with van der Waals surface area (Å²) in [7, 11) is 0. The highest BCUT2D eigenvalue weighted by atomic mass is 127. The van der Waals surface area contributed by atoms with E-state index in [1.54, 1.807) is 0 Å². The molecular weight excluding hydrogens is 419 g/mol. The first kappa shape index (κ1) is 18.4. The zero-order chi connectivity index (χ0) is 17.4. The van der Waals surface area contributed by atoms with Gasteiger partial charge in [-0.25, -0.2) is 0 Å². The molecule has 2 aromatic rings. The second-order valence-electron chi connectivity index (χ2n) is 5.33. The van der Waals surface area contributed by atoms with E-state index in [1.165, 1.54) is 0 Å². The fraction of sp³-hybridized carbons (Fsp3) is 0.222. The molecule has 2 amide bonds. The number of hydrogen-bond donors (Lipinski definition) is 2. The van der Waals surface area contributed by atoms with Crippen LogP contribution < -0.4 is 11.1 Å². The molecule has 0 saturated heterocycles. The number of nitrogens with two attached hydrogens (primary N) is 1. The Morgan fingerprint density at radius 2 is 1.71 bits per heavy atom. The zero-order valence-electron chi connectivity index (χ0n) is 13.1. The second-order valence-corrected chi connectivity index (χ2v) is 6.58. The molecule has 3 N–H and O–H groups in total. The standard InChI is InChI=1S/C18H19IN2O3/c19-15-8-6-13(7-9-15)10-16(18(20)23)21-17(22)12-24-11-14-4-2-1-3-5-14/h1-9,16H,10-12H2,(H2,20,23)(H,21,22)/t16-/m1/s1. The van der Waals surface area contributed by atoms with Gasteiger partial charge in [0.2, 0.25) is 11.8 Å². The lowest BCUT2D eigenvalue weighted by atomic mass is 10.1. The zero-order valence-corrected chi connectivity index (χ0v) is 15.2. The normalized spacial score (nSPS) is 11.7. The van der Waals surface area contributed by atoms with Crippen molar-refractivity contribution in [1.29, 1.82) is 0 Å². The number of benzene rings is 2. The summed E-state index contributed by atoms with van der Waals surface area (Å²) < 4.78 is 6.47. The Hall–Kier alpha value is -1.93. The largest absolute Gasteiger partial charge is 0.368 e. The van der Waals surface area contributed by atoms with E-state index in [0.717, 1.165) is 14.7 Å². The second kappa shape index (κ2) is 9.39. The minimum atomic E-state index is -0.752. The van der Waals surface area contributed by atoms with Crippen molar-refractivity contribution < 1.29 is 14.3 Å². The van der Waals surface area contributed by atoms with E-state index in [0.29, 0.717) is 13.0 Å². The minimum Gasteiger partial charge on any atom is -0.368 e. The number of nitrogens with one attached hydrogen (secondary N) is 1. The number of halogens is 1. The van der Waals surface area contributed by atoms with E-state index in [-0.39, 0.29) is 12.5 Å². The molecule has 0 radical (unpaired) electrons. The van der Waals surface area contributed by atoms with Crippen LogP contribution in [0.5, 0.6) is 0 Å². The summed E-state index contributed by atoms with van der Waals surface area (Å²) in [5, 5.41) is 2.63. The fourth-order valence-corrected chi connectivity index (χ4v) is 2.51. The number of carbonyl (C=O) groups excluding carboxylic acids is 2. The summed E-state index contributed by atoms with van der Waals surface area (Å²) in [6, 6.07) is 16.5. The Balaban J connectivity index is 1.82. The molecule has 0 aromatic heterocycles. The summed E-state index contributed by atoms with van der Waals surface area (Å²) in [5.74, 6) is -0.926. The lowest BCUT2D eigenvalue weighted by Gasteiger charge is -2.16. The van der Waals surface area contributed by atoms with E-state index >= 15 is 0 Å². The number of hydrogen-bond acceptors (Lipinski definition) is 3. The predicted octanol–water partition coefficient (Wildman–Crippen LogP) is 2.02. The third-order valence-corrected chi connectivity index (χ3v) is 4.10. The molecule has 0 saturated carbocycles. The highest BCUT2D eigenvalue weighted by molar-refractivity contribution is 14.1. The van der Waals surface area contributed by atoms with Crippen LogP contribution in [0.2, 0.25) is 0 Å². The van der Waals surface area contributed by atoms with Gasteiger partial charge in [0, 0.05) is 9.99 Å². The van der Waals surface area contributed by atoms with E-state index in [4.69, 9.17) is 10.5 Å². The van der Waals surface area contributed by atoms with Gasteiger partial charge in [-0.15, -0.1) is 0 Å². The quantitative estimate of drug-likeness (QED) is 0.619. The van der Waals surface area contributed by atoms with Crippen molar-refractivity contribution in [3.05, 3.63) is 69.3 Å². The Labute approximate surface area is 154 Å². The van der Waals surface area contributed by atoms with Crippen LogP contribution in [0, 0.1) is 3.57 Å². The number of ether oxygens (including phenoxy) is 1. The summed E-state index contributed by atoms with van der Waals surface area (Å²) >= 11 is 2.21. The van der Waals surface area contributed by atoms with Crippen LogP contribution in [-0.4, -0.2) is 24.5 Å². The molecule has 1 atom stereocenters. The Kier molecular flexibility index (Phi) is 7.20. The van der Waals surface area contributed by atoms with Gasteiger partial charge in [-0.05, 0) is 45.9 Å². The average Bonchev–Trinajstić information content (AvgIpc) is 2.57. The van der Waals surface area contributed by atoms with Gasteiger partial charge in [0.05, 0.1) is 6.61 Å². The van der Waals surface area contributed by atoms with E-state index < -0.39 is 11.9 Å². The summed E-state index contributed by atoms with van der Waals surface area (Å²) in [6.07, 6.45) is 0.358. The third kappa shape index (κ3) is 6.29. The van der Waals surface area contributed by atoms with Crippen LogP contribution in [0.4, 0.5) is 0 Å². The number of rotatable bonds is 8. The maximum Gasteiger partial charge on any atom is 0.246 e. The van der Waals surface area contributed by atoms with E-state index in [2.05, 4.69) is 27.9 Å². The van der Waals surface area contributed by atoms with Crippen molar-refractivity contribution in [2.75, 3.05) is 6.61 Å². The van der Waals surface area contributed by atoms with Gasteiger partial charge in [-0.1, -0.05) is 42.5 Å². The molecule has 0 aliphatic heterocycles. The van der Waals surface area contributed by atoms with Gasteiger partial charge in [-0.2, -0.15) is 0 Å². The fourth-order valence-electron chi connectivity index (χ4n) is 2.15. The van der Waals surface area contributed by atoms with Gasteiger partial charge < -0.3 is 15.8 Å². The molecule has 0 aliphatic rings. The molecule has 0 unspecified atom stereocenters. The molecular formula is C18H19IN2O3. The highest BCUT2D eigenvalue weighted by Gasteiger charge is 2.18. The van der Waals surface area contributed by atoms with E-state index in [9.17, 15) is 9.59 Å². The van der Waals surface area contributed by atoms with Crippen LogP contribution in [-0.2, 0) is 27.4 Å². The van der Waals surface area contributed by atoms with E-state index in [1.807, 2.05) is 54.6 Å². The first-order valence-electron chi connectivity index (χ1n) is 7.49. The molecule has 2 aromatic carbocycles. The molecule has 2 rings (SSSR count). The van der Waals surface area contributed by atoms with Crippen LogP contribution in [0.15, 0.2) is 54.6 Å².